The van der Waals surface area contributed by atoms with Gasteiger partial charge >= 0.3 is 5.97 Å². The van der Waals surface area contributed by atoms with Crippen LogP contribution in [0.5, 0.6) is 0 Å². The Labute approximate surface area is 194 Å². The molecule has 178 valence electrons. The summed E-state index contributed by atoms with van der Waals surface area (Å²) in [6.07, 6.45) is -3.64. The van der Waals surface area contributed by atoms with Crippen LogP contribution in [-0.4, -0.2) is 49.9 Å². The van der Waals surface area contributed by atoms with E-state index >= 15 is 0 Å². The summed E-state index contributed by atoms with van der Waals surface area (Å²) in [5, 5.41) is 0. The molecule has 2 fully saturated rings. The summed E-state index contributed by atoms with van der Waals surface area (Å²) in [6.45, 7) is 6.57. The van der Waals surface area contributed by atoms with Gasteiger partial charge in [0.25, 0.3) is 0 Å². The zero-order valence-corrected chi connectivity index (χ0v) is 19.3. The van der Waals surface area contributed by atoms with Crippen molar-refractivity contribution in [2.75, 3.05) is 13.2 Å². The van der Waals surface area contributed by atoms with Crippen LogP contribution in [0.15, 0.2) is 60.7 Å². The van der Waals surface area contributed by atoms with Crippen molar-refractivity contribution in [3.63, 3.8) is 0 Å². The van der Waals surface area contributed by atoms with Gasteiger partial charge in [-0.15, -0.1) is 0 Å². The molecule has 0 amide bonds. The number of benzene rings is 2. The van der Waals surface area contributed by atoms with Crippen molar-refractivity contribution in [3.8, 4) is 0 Å². The molecule has 7 nitrogen and oxygen atoms in total. The molecule has 0 bridgehead atoms. The number of carbonyl (C=O) groups excluding carboxylic acids is 1. The summed E-state index contributed by atoms with van der Waals surface area (Å²) in [4.78, 5) is 12.0. The van der Waals surface area contributed by atoms with Crippen LogP contribution in [0.3, 0.4) is 0 Å². The second-order valence-electron chi connectivity index (χ2n) is 8.78. The molecule has 0 aliphatic carbocycles. The zero-order valence-electron chi connectivity index (χ0n) is 19.3. The van der Waals surface area contributed by atoms with E-state index in [1.165, 1.54) is 6.92 Å². The van der Waals surface area contributed by atoms with Crippen molar-refractivity contribution in [3.05, 3.63) is 71.8 Å². The van der Waals surface area contributed by atoms with E-state index in [1.54, 1.807) is 0 Å². The third kappa shape index (κ3) is 6.19. The van der Waals surface area contributed by atoms with E-state index in [-0.39, 0.29) is 5.92 Å². The molecular formula is C26H32O7. The van der Waals surface area contributed by atoms with Crippen molar-refractivity contribution >= 4 is 5.97 Å². The van der Waals surface area contributed by atoms with Gasteiger partial charge in [0.1, 0.15) is 18.3 Å². The molecule has 33 heavy (non-hydrogen) atoms. The minimum atomic E-state index is -0.779. The molecule has 2 aromatic rings. The molecule has 7 heteroatoms. The molecule has 0 aromatic heterocycles. The van der Waals surface area contributed by atoms with Crippen LogP contribution in [0, 0.1) is 5.92 Å². The van der Waals surface area contributed by atoms with Gasteiger partial charge in [0.15, 0.2) is 18.7 Å². The first-order chi connectivity index (χ1) is 16.0. The number of fused-ring (bicyclic) bond motifs is 1. The van der Waals surface area contributed by atoms with Crippen LogP contribution in [0.25, 0.3) is 0 Å². The molecule has 0 saturated carbocycles. The summed E-state index contributed by atoms with van der Waals surface area (Å²) < 4.78 is 36.6. The van der Waals surface area contributed by atoms with Crippen molar-refractivity contribution in [2.24, 2.45) is 5.92 Å². The maximum Gasteiger partial charge on any atom is 0.303 e. The van der Waals surface area contributed by atoms with Crippen LogP contribution in [0.2, 0.25) is 0 Å². The average Bonchev–Trinajstić information content (AvgIpc) is 2.82. The highest BCUT2D eigenvalue weighted by molar-refractivity contribution is 5.66. The third-order valence-electron chi connectivity index (χ3n) is 5.54. The van der Waals surface area contributed by atoms with Gasteiger partial charge in [-0.3, -0.25) is 4.79 Å². The lowest BCUT2D eigenvalue weighted by molar-refractivity contribution is -0.368. The van der Waals surface area contributed by atoms with E-state index in [0.29, 0.717) is 19.8 Å². The number of hydrogen-bond donors (Lipinski definition) is 0. The Morgan fingerprint density at radius 2 is 1.67 bits per heavy atom. The predicted octanol–water partition coefficient (Wildman–Crippen LogP) is 4.02. The van der Waals surface area contributed by atoms with Gasteiger partial charge in [0.05, 0.1) is 19.8 Å². The minimum Gasteiger partial charge on any atom is -0.454 e. The second kappa shape index (κ2) is 11.2. The van der Waals surface area contributed by atoms with E-state index in [0.717, 1.165) is 11.1 Å². The van der Waals surface area contributed by atoms with Crippen LogP contribution < -0.4 is 0 Å². The van der Waals surface area contributed by atoms with Crippen molar-refractivity contribution in [1.29, 1.82) is 0 Å². The molecule has 1 unspecified atom stereocenters. The number of hydrogen-bond acceptors (Lipinski definition) is 7. The summed E-state index contributed by atoms with van der Waals surface area (Å²) in [6, 6.07) is 19.6. The second-order valence-corrected chi connectivity index (χ2v) is 8.78. The van der Waals surface area contributed by atoms with E-state index in [1.807, 2.05) is 74.5 Å². The van der Waals surface area contributed by atoms with E-state index in [9.17, 15) is 4.79 Å². The van der Waals surface area contributed by atoms with Crippen molar-refractivity contribution in [2.45, 2.75) is 64.4 Å². The molecule has 0 spiro atoms. The SMILES string of the molecule is CC(=O)O[C@H]1[C@H](OCC(C)C)O[C@@H]2COC(c3ccccc3)O[C@H]2[C@H]1OCc1ccccc1. The zero-order chi connectivity index (χ0) is 23.2. The fourth-order valence-corrected chi connectivity index (χ4v) is 4.02. The van der Waals surface area contributed by atoms with Gasteiger partial charge in [0.2, 0.25) is 0 Å². The largest absolute Gasteiger partial charge is 0.454 e. The minimum absolute atomic E-state index is 0.286. The fraction of sp³-hybridized carbons (Fsp3) is 0.500. The first-order valence-corrected chi connectivity index (χ1v) is 11.4. The Hall–Kier alpha value is -2.29. The van der Waals surface area contributed by atoms with Crippen LogP contribution in [0.1, 0.15) is 38.2 Å². The highest BCUT2D eigenvalue weighted by Crippen LogP contribution is 2.37. The quantitative estimate of drug-likeness (QED) is 0.556. The maximum atomic E-state index is 12.0. The van der Waals surface area contributed by atoms with Gasteiger partial charge in [-0.1, -0.05) is 74.5 Å². The van der Waals surface area contributed by atoms with Crippen LogP contribution in [0.4, 0.5) is 0 Å². The Balaban J connectivity index is 1.59. The predicted molar refractivity (Wildman–Crippen MR) is 120 cm³/mol. The van der Waals surface area contributed by atoms with Crippen LogP contribution >= 0.6 is 0 Å². The standard InChI is InChI=1S/C26H32O7/c1-17(2)14-29-26-24(31-18(3)27)23(28-15-19-10-6-4-7-11-19)22-21(32-26)16-30-25(33-22)20-12-8-5-9-13-20/h4-13,17,21-26H,14-16H2,1-3H3/t21-,22-,23-,24-,25?,26-/m1/s1. The Morgan fingerprint density at radius 1 is 0.970 bits per heavy atom. The molecule has 6 atom stereocenters. The number of rotatable bonds is 8. The van der Waals surface area contributed by atoms with Gasteiger partial charge in [0, 0.05) is 12.5 Å². The Morgan fingerprint density at radius 3 is 2.33 bits per heavy atom. The number of ether oxygens (including phenoxy) is 6. The Bertz CT molecular complexity index is 873. The molecule has 2 aliphatic heterocycles. The third-order valence-corrected chi connectivity index (χ3v) is 5.54. The summed E-state index contributed by atoms with van der Waals surface area (Å²) >= 11 is 0. The fourth-order valence-electron chi connectivity index (χ4n) is 4.02. The first kappa shape index (κ1) is 23.9. The topological polar surface area (TPSA) is 72.5 Å². The van der Waals surface area contributed by atoms with Gasteiger partial charge in [-0.2, -0.15) is 0 Å². The summed E-state index contributed by atoms with van der Waals surface area (Å²) in [5.41, 5.74) is 1.91. The van der Waals surface area contributed by atoms with Crippen LogP contribution in [-0.2, 0) is 39.8 Å². The molecule has 0 N–H and O–H groups in total. The van der Waals surface area contributed by atoms with E-state index in [4.69, 9.17) is 28.4 Å². The first-order valence-electron chi connectivity index (χ1n) is 11.4. The van der Waals surface area contributed by atoms with Crippen molar-refractivity contribution in [1.82, 2.24) is 0 Å². The van der Waals surface area contributed by atoms with E-state index < -0.39 is 43.0 Å². The van der Waals surface area contributed by atoms with Gasteiger partial charge in [-0.05, 0) is 11.5 Å². The highest BCUT2D eigenvalue weighted by atomic mass is 16.8. The number of carbonyl (C=O) groups is 1. The van der Waals surface area contributed by atoms with Crippen molar-refractivity contribution < 1.29 is 33.2 Å². The smallest absolute Gasteiger partial charge is 0.303 e. The molecule has 2 aromatic carbocycles. The monoisotopic (exact) mass is 456 g/mol. The number of esters is 1. The lowest BCUT2D eigenvalue weighted by Crippen LogP contribution is -2.64. The Kier molecular flexibility index (Phi) is 8.11. The van der Waals surface area contributed by atoms with Gasteiger partial charge < -0.3 is 28.4 Å². The lowest BCUT2D eigenvalue weighted by atomic mass is 9.97. The lowest BCUT2D eigenvalue weighted by Gasteiger charge is -2.48. The molecule has 2 heterocycles. The summed E-state index contributed by atoms with van der Waals surface area (Å²) in [7, 11) is 0. The van der Waals surface area contributed by atoms with Gasteiger partial charge in [-0.25, -0.2) is 0 Å². The molecule has 4 rings (SSSR count). The molecule has 2 aliphatic rings. The molecular weight excluding hydrogens is 424 g/mol. The highest BCUT2D eigenvalue weighted by Gasteiger charge is 2.52. The maximum absolute atomic E-state index is 12.0. The molecule has 0 radical (unpaired) electrons. The summed E-state index contributed by atoms with van der Waals surface area (Å²) in [5.74, 6) is -0.144. The van der Waals surface area contributed by atoms with E-state index in [2.05, 4.69) is 0 Å². The molecule has 2 saturated heterocycles. The normalized spacial score (nSPS) is 29.5. The average molecular weight is 457 g/mol.